The highest BCUT2D eigenvalue weighted by Gasteiger charge is 2.33. The molecule has 0 saturated heterocycles. The Labute approximate surface area is 134 Å². The Kier molecular flexibility index (Phi) is 4.98. The number of nitrogens with one attached hydrogen (secondary N) is 1. The Hall–Kier alpha value is -2.44. The molecule has 2 rings (SSSR count). The first-order chi connectivity index (χ1) is 10.9. The Morgan fingerprint density at radius 2 is 2.17 bits per heavy atom. The van der Waals surface area contributed by atoms with Gasteiger partial charge in [0.1, 0.15) is 5.70 Å². The van der Waals surface area contributed by atoms with Gasteiger partial charge in [0.2, 0.25) is 5.91 Å². The summed E-state index contributed by atoms with van der Waals surface area (Å²) in [6.45, 7) is 4.02. The molecule has 0 saturated carbocycles. The first-order valence-electron chi connectivity index (χ1n) is 7.58. The molecule has 2 aliphatic heterocycles. The molecule has 1 atom stereocenters. The number of Topliss-reactive ketones (excluding diaryl/α,β-unsaturated/α-hetero) is 1. The van der Waals surface area contributed by atoms with Crippen LogP contribution in [0.25, 0.3) is 0 Å². The Morgan fingerprint density at radius 3 is 2.78 bits per heavy atom. The van der Waals surface area contributed by atoms with Gasteiger partial charge in [0.05, 0.1) is 18.2 Å². The molecule has 0 bridgehead atoms. The molecule has 124 valence electrons. The molecule has 0 radical (unpaired) electrons. The van der Waals surface area contributed by atoms with Gasteiger partial charge in [-0.15, -0.1) is 0 Å². The Morgan fingerprint density at radius 1 is 1.48 bits per heavy atom. The number of carboxylic acid groups (broad SMARTS) is 1. The summed E-state index contributed by atoms with van der Waals surface area (Å²) in [6.07, 6.45) is 2.17. The van der Waals surface area contributed by atoms with Crippen LogP contribution in [0.2, 0.25) is 0 Å². The summed E-state index contributed by atoms with van der Waals surface area (Å²) >= 11 is 0. The Balaban J connectivity index is 2.40. The van der Waals surface area contributed by atoms with Crippen molar-refractivity contribution < 1.29 is 19.5 Å². The number of carbonyl (C=O) groups excluding carboxylic acids is 2. The number of allylic oxidation sites excluding steroid dienone is 2. The van der Waals surface area contributed by atoms with Crippen molar-refractivity contribution in [3.8, 4) is 0 Å². The third kappa shape index (κ3) is 3.33. The zero-order valence-corrected chi connectivity index (χ0v) is 13.5. The SMILES string of the molecule is CCC1=C(N(C)C2CNC(=O)C(CC(=O)O)=C2C)C(=O)CC=N1. The van der Waals surface area contributed by atoms with Gasteiger partial charge >= 0.3 is 5.97 Å². The molecule has 1 unspecified atom stereocenters. The molecule has 0 fully saturated rings. The zero-order valence-electron chi connectivity index (χ0n) is 13.5. The first kappa shape index (κ1) is 16.9. The van der Waals surface area contributed by atoms with Gasteiger partial charge in [0.25, 0.3) is 0 Å². The van der Waals surface area contributed by atoms with Gasteiger partial charge in [0.15, 0.2) is 5.78 Å². The molecule has 0 aromatic heterocycles. The number of likely N-dealkylation sites (N-methyl/N-ethyl adjacent to an activating group) is 1. The van der Waals surface area contributed by atoms with Crippen LogP contribution < -0.4 is 5.32 Å². The quantitative estimate of drug-likeness (QED) is 0.783. The third-order valence-electron chi connectivity index (χ3n) is 4.25. The number of rotatable bonds is 5. The number of hydrogen-bond acceptors (Lipinski definition) is 5. The number of hydrogen-bond donors (Lipinski definition) is 2. The van der Waals surface area contributed by atoms with Crippen molar-refractivity contribution in [2.45, 2.75) is 39.2 Å². The molecule has 0 spiro atoms. The van der Waals surface area contributed by atoms with Crippen LogP contribution in [-0.2, 0) is 14.4 Å². The van der Waals surface area contributed by atoms with Gasteiger partial charge in [-0.05, 0) is 18.9 Å². The smallest absolute Gasteiger partial charge is 0.308 e. The molecule has 7 nitrogen and oxygen atoms in total. The van der Waals surface area contributed by atoms with Gasteiger partial charge in [0, 0.05) is 31.8 Å². The molecule has 0 aromatic rings. The summed E-state index contributed by atoms with van der Waals surface area (Å²) in [5.74, 6) is -1.42. The second-order valence-corrected chi connectivity index (χ2v) is 5.66. The fourth-order valence-corrected chi connectivity index (χ4v) is 3.00. The van der Waals surface area contributed by atoms with Gasteiger partial charge in [-0.25, -0.2) is 0 Å². The fourth-order valence-electron chi connectivity index (χ4n) is 3.00. The van der Waals surface area contributed by atoms with Crippen LogP contribution in [0.4, 0.5) is 0 Å². The van der Waals surface area contributed by atoms with E-state index in [1.54, 1.807) is 20.2 Å². The lowest BCUT2D eigenvalue weighted by Gasteiger charge is -2.37. The maximum atomic E-state index is 12.3. The molecule has 0 aromatic carbocycles. The van der Waals surface area contributed by atoms with Crippen molar-refractivity contribution in [2.75, 3.05) is 13.6 Å². The molecule has 2 heterocycles. The highest BCUT2D eigenvalue weighted by molar-refractivity contribution is 6.05. The van der Waals surface area contributed by atoms with Crippen molar-refractivity contribution >= 4 is 23.9 Å². The molecular weight excluding hydrogens is 298 g/mol. The fraction of sp³-hybridized carbons (Fsp3) is 0.500. The normalized spacial score (nSPS) is 21.6. The van der Waals surface area contributed by atoms with Crippen molar-refractivity contribution in [3.63, 3.8) is 0 Å². The van der Waals surface area contributed by atoms with Crippen LogP contribution in [0.15, 0.2) is 27.5 Å². The van der Waals surface area contributed by atoms with Crippen LogP contribution in [-0.4, -0.2) is 53.5 Å². The van der Waals surface area contributed by atoms with E-state index >= 15 is 0 Å². The number of ketones is 1. The number of aliphatic carboxylic acids is 1. The second-order valence-electron chi connectivity index (χ2n) is 5.66. The second kappa shape index (κ2) is 6.76. The van der Waals surface area contributed by atoms with Crippen LogP contribution in [0, 0.1) is 0 Å². The largest absolute Gasteiger partial charge is 0.481 e. The molecule has 1 amide bonds. The monoisotopic (exact) mass is 319 g/mol. The van der Waals surface area contributed by atoms with Crippen molar-refractivity contribution in [1.82, 2.24) is 10.2 Å². The minimum Gasteiger partial charge on any atom is -0.481 e. The molecule has 7 heteroatoms. The minimum atomic E-state index is -1.05. The molecule has 2 aliphatic rings. The van der Waals surface area contributed by atoms with Crippen molar-refractivity contribution in [2.24, 2.45) is 4.99 Å². The lowest BCUT2D eigenvalue weighted by atomic mass is 9.93. The predicted molar refractivity (Wildman–Crippen MR) is 84.9 cm³/mol. The van der Waals surface area contributed by atoms with Crippen LogP contribution in [0.5, 0.6) is 0 Å². The van der Waals surface area contributed by atoms with Crippen LogP contribution in [0.1, 0.15) is 33.1 Å². The van der Waals surface area contributed by atoms with E-state index in [0.717, 1.165) is 0 Å². The van der Waals surface area contributed by atoms with E-state index < -0.39 is 5.97 Å². The van der Waals surface area contributed by atoms with Gasteiger partial charge in [-0.2, -0.15) is 0 Å². The minimum absolute atomic E-state index is 0.0103. The average molecular weight is 319 g/mol. The van der Waals surface area contributed by atoms with Crippen molar-refractivity contribution in [3.05, 3.63) is 22.5 Å². The van der Waals surface area contributed by atoms with Crippen LogP contribution in [0.3, 0.4) is 0 Å². The summed E-state index contributed by atoms with van der Waals surface area (Å²) in [7, 11) is 1.79. The first-order valence-corrected chi connectivity index (χ1v) is 7.58. The number of carboxylic acids is 1. The van der Waals surface area contributed by atoms with Crippen molar-refractivity contribution in [1.29, 1.82) is 0 Å². The van der Waals surface area contributed by atoms with E-state index in [9.17, 15) is 14.4 Å². The predicted octanol–water partition coefficient (Wildman–Crippen LogP) is 0.873. The molecule has 0 aliphatic carbocycles. The Bertz CT molecular complexity index is 646. The van der Waals surface area contributed by atoms with Gasteiger partial charge in [-0.1, -0.05) is 6.92 Å². The topological polar surface area (TPSA) is 99.1 Å². The highest BCUT2D eigenvalue weighted by Crippen LogP contribution is 2.27. The summed E-state index contributed by atoms with van der Waals surface area (Å²) < 4.78 is 0. The summed E-state index contributed by atoms with van der Waals surface area (Å²) in [5, 5.41) is 11.7. The number of amides is 1. The lowest BCUT2D eigenvalue weighted by Crippen LogP contribution is -2.49. The van der Waals surface area contributed by atoms with E-state index in [2.05, 4.69) is 10.3 Å². The van der Waals surface area contributed by atoms with E-state index in [-0.39, 0.29) is 36.1 Å². The standard InChI is InChI=1S/C16H21N3O4/c1-4-11-15(13(20)5-6-17-11)19(3)12-8-18-16(23)10(9(12)2)7-14(21)22/h6,12H,4-5,7-8H2,1-3H3,(H,18,23)(H,21,22). The third-order valence-corrected chi connectivity index (χ3v) is 4.25. The molecular formula is C16H21N3O4. The summed E-state index contributed by atoms with van der Waals surface area (Å²) in [4.78, 5) is 41.3. The number of carbonyl (C=O) groups is 3. The zero-order chi connectivity index (χ0) is 17.1. The molecule has 2 N–H and O–H groups in total. The summed E-state index contributed by atoms with van der Waals surface area (Å²) in [5.41, 5.74) is 2.20. The lowest BCUT2D eigenvalue weighted by molar-refractivity contribution is -0.137. The average Bonchev–Trinajstić information content (AvgIpc) is 2.50. The van der Waals surface area contributed by atoms with E-state index in [1.807, 2.05) is 11.8 Å². The maximum absolute atomic E-state index is 12.3. The van der Waals surface area contributed by atoms with E-state index in [0.29, 0.717) is 29.9 Å². The van der Waals surface area contributed by atoms with Gasteiger partial charge in [-0.3, -0.25) is 19.4 Å². The maximum Gasteiger partial charge on any atom is 0.308 e. The highest BCUT2D eigenvalue weighted by atomic mass is 16.4. The van der Waals surface area contributed by atoms with E-state index in [4.69, 9.17) is 5.11 Å². The summed E-state index contributed by atoms with van der Waals surface area (Å²) in [6, 6.07) is -0.254. The molecule has 23 heavy (non-hydrogen) atoms. The number of aliphatic imine (C=N–C) groups is 1. The van der Waals surface area contributed by atoms with Crippen LogP contribution >= 0.6 is 0 Å². The van der Waals surface area contributed by atoms with Gasteiger partial charge < -0.3 is 15.3 Å². The number of nitrogens with zero attached hydrogens (tertiary/aromatic N) is 2. The van der Waals surface area contributed by atoms with E-state index in [1.165, 1.54) is 0 Å².